The number of terminal acetylenes is 1. The Morgan fingerprint density at radius 2 is 1.73 bits per heavy atom. The lowest BCUT2D eigenvalue weighted by Gasteiger charge is -2.42. The van der Waals surface area contributed by atoms with Crippen molar-refractivity contribution in [2.45, 2.75) is 58.7 Å². The second-order valence-electron chi connectivity index (χ2n) is 9.22. The zero-order valence-corrected chi connectivity index (χ0v) is 22.2. The molecule has 1 aliphatic rings. The summed E-state index contributed by atoms with van der Waals surface area (Å²) in [4.78, 5) is 45.6. The maximum absolute atomic E-state index is 12.4. The van der Waals surface area contributed by atoms with Crippen LogP contribution in [0.2, 0.25) is 0 Å². The van der Waals surface area contributed by atoms with E-state index in [9.17, 15) is 29.8 Å². The van der Waals surface area contributed by atoms with E-state index in [0.717, 1.165) is 18.2 Å². The minimum absolute atomic E-state index is 0.0163. The van der Waals surface area contributed by atoms with Crippen LogP contribution in [0.5, 0.6) is 11.5 Å². The number of rotatable bonds is 9. The van der Waals surface area contributed by atoms with Crippen molar-refractivity contribution in [2.75, 3.05) is 0 Å². The van der Waals surface area contributed by atoms with Crippen LogP contribution in [0.4, 0.5) is 16.2 Å². The first-order chi connectivity index (χ1) is 18.9. The van der Waals surface area contributed by atoms with Crippen LogP contribution in [-0.2, 0) is 19.0 Å². The van der Waals surface area contributed by atoms with Gasteiger partial charge in [0, 0.05) is 36.6 Å². The number of carbonyl (C=O) groups excluding carboxylic acids is 2. The van der Waals surface area contributed by atoms with Gasteiger partial charge < -0.3 is 23.7 Å². The topological polar surface area (TPSA) is 167 Å². The standard InChI is InChI=1S/C27H28N2O11/c1-6-7-23(40-27(31)38-21-11-9-20(10-12-21)28(32)33)19-8-13-24(22(14-19)29(34)35)39-26-25(37-18(5)30)16(3)15(2)17(4)36-26/h1,8-17,23,25-26H,7H2,2-5H3/t15-,16-,17?,23?,25?,26-/m0/s1. The molecule has 13 nitrogen and oxygen atoms in total. The van der Waals surface area contributed by atoms with Crippen LogP contribution in [0.3, 0.4) is 0 Å². The summed E-state index contributed by atoms with van der Waals surface area (Å²) in [6, 6.07) is 8.61. The van der Waals surface area contributed by atoms with Gasteiger partial charge in [-0.3, -0.25) is 25.0 Å². The normalized spacial score (nSPS) is 22.7. The van der Waals surface area contributed by atoms with Crippen molar-refractivity contribution in [3.8, 4) is 23.8 Å². The molecule has 0 aromatic heterocycles. The molecule has 1 saturated heterocycles. The van der Waals surface area contributed by atoms with E-state index < -0.39 is 46.2 Å². The molecule has 2 aromatic rings. The molecule has 0 bridgehead atoms. The van der Waals surface area contributed by atoms with Crippen molar-refractivity contribution < 1.29 is 43.1 Å². The number of hydrogen-bond donors (Lipinski definition) is 0. The molecule has 0 aliphatic carbocycles. The number of benzene rings is 2. The molecule has 6 atom stereocenters. The molecular formula is C27H28N2O11. The van der Waals surface area contributed by atoms with E-state index in [1.54, 1.807) is 0 Å². The van der Waals surface area contributed by atoms with Crippen LogP contribution in [0.1, 0.15) is 45.8 Å². The average molecular weight is 557 g/mol. The lowest BCUT2D eigenvalue weighted by molar-refractivity contribution is -0.387. The van der Waals surface area contributed by atoms with Gasteiger partial charge in [0.2, 0.25) is 6.29 Å². The van der Waals surface area contributed by atoms with Crippen molar-refractivity contribution >= 4 is 23.5 Å². The smallest absolute Gasteiger partial charge is 0.456 e. The third kappa shape index (κ3) is 7.23. The highest BCUT2D eigenvalue weighted by Gasteiger charge is 2.44. The fourth-order valence-electron chi connectivity index (χ4n) is 4.15. The SMILES string of the molecule is C#CCC(OC(=O)Oc1ccc([N+](=O)[O-])cc1)c1ccc(O[C@@H]2OC(C)[C@@H](C)[C@H](C)C2OC(C)=O)c([N+](=O)[O-])c1. The van der Waals surface area contributed by atoms with Crippen LogP contribution >= 0.6 is 0 Å². The van der Waals surface area contributed by atoms with Crippen molar-refractivity contribution in [3.05, 3.63) is 68.3 Å². The largest absolute Gasteiger partial charge is 0.514 e. The van der Waals surface area contributed by atoms with Crippen LogP contribution in [0.15, 0.2) is 42.5 Å². The summed E-state index contributed by atoms with van der Waals surface area (Å²) in [5, 5.41) is 22.7. The molecule has 1 heterocycles. The molecule has 0 radical (unpaired) electrons. The Bertz CT molecular complexity index is 1300. The summed E-state index contributed by atoms with van der Waals surface area (Å²) in [7, 11) is 0. The third-order valence-electron chi connectivity index (χ3n) is 6.59. The number of hydrogen-bond acceptors (Lipinski definition) is 11. The number of nitro groups is 2. The Balaban J connectivity index is 1.82. The Hall–Kier alpha value is -4.70. The van der Waals surface area contributed by atoms with Crippen LogP contribution in [-0.4, -0.2) is 40.5 Å². The molecule has 0 saturated carbocycles. The minimum Gasteiger partial charge on any atom is -0.456 e. The number of carbonyl (C=O) groups is 2. The van der Waals surface area contributed by atoms with Gasteiger partial charge >= 0.3 is 17.8 Å². The first kappa shape index (κ1) is 29.9. The molecule has 0 N–H and O–H groups in total. The summed E-state index contributed by atoms with van der Waals surface area (Å²) in [5.74, 6) is 1.49. The van der Waals surface area contributed by atoms with E-state index in [0.29, 0.717) is 0 Å². The van der Waals surface area contributed by atoms with E-state index in [1.165, 1.54) is 31.2 Å². The maximum Gasteiger partial charge on any atom is 0.514 e. The van der Waals surface area contributed by atoms with E-state index in [-0.39, 0.29) is 47.1 Å². The van der Waals surface area contributed by atoms with Crippen LogP contribution in [0.25, 0.3) is 0 Å². The molecule has 3 rings (SSSR count). The number of nitro benzene ring substituents is 2. The van der Waals surface area contributed by atoms with Crippen LogP contribution in [0, 0.1) is 44.4 Å². The second-order valence-corrected chi connectivity index (χ2v) is 9.22. The number of non-ortho nitro benzene ring substituents is 1. The average Bonchev–Trinajstić information content (AvgIpc) is 2.89. The van der Waals surface area contributed by atoms with Crippen molar-refractivity contribution in [2.24, 2.45) is 11.8 Å². The molecule has 0 amide bonds. The first-order valence-electron chi connectivity index (χ1n) is 12.2. The predicted molar refractivity (Wildman–Crippen MR) is 138 cm³/mol. The van der Waals surface area contributed by atoms with Gasteiger partial charge in [0.1, 0.15) is 11.9 Å². The number of nitrogens with zero attached hydrogens (tertiary/aromatic N) is 2. The van der Waals surface area contributed by atoms with Gasteiger partial charge in [-0.1, -0.05) is 19.9 Å². The molecule has 3 unspecified atom stereocenters. The van der Waals surface area contributed by atoms with Gasteiger partial charge in [0.25, 0.3) is 5.69 Å². The Kier molecular flexibility index (Phi) is 9.63. The van der Waals surface area contributed by atoms with E-state index in [2.05, 4.69) is 5.92 Å². The number of esters is 1. The molecule has 212 valence electrons. The third-order valence-corrected chi connectivity index (χ3v) is 6.59. The molecule has 0 spiro atoms. The Morgan fingerprint density at radius 3 is 2.30 bits per heavy atom. The highest BCUT2D eigenvalue weighted by molar-refractivity contribution is 5.66. The van der Waals surface area contributed by atoms with Crippen molar-refractivity contribution in [3.63, 3.8) is 0 Å². The molecular weight excluding hydrogens is 528 g/mol. The van der Waals surface area contributed by atoms with Gasteiger partial charge in [-0.25, -0.2) is 4.79 Å². The fraction of sp³-hybridized carbons (Fsp3) is 0.407. The molecule has 2 aromatic carbocycles. The van der Waals surface area contributed by atoms with Gasteiger partial charge in [-0.05, 0) is 31.0 Å². The van der Waals surface area contributed by atoms with Gasteiger partial charge in [0.15, 0.2) is 11.9 Å². The summed E-state index contributed by atoms with van der Waals surface area (Å²) >= 11 is 0. The summed E-state index contributed by atoms with van der Waals surface area (Å²) in [6.07, 6.45) is 0.793. The highest BCUT2D eigenvalue weighted by atomic mass is 16.7. The van der Waals surface area contributed by atoms with Gasteiger partial charge in [-0.2, -0.15) is 0 Å². The monoisotopic (exact) mass is 556 g/mol. The number of ether oxygens (including phenoxy) is 5. The van der Waals surface area contributed by atoms with Crippen molar-refractivity contribution in [1.29, 1.82) is 0 Å². The van der Waals surface area contributed by atoms with E-state index in [4.69, 9.17) is 30.1 Å². The van der Waals surface area contributed by atoms with Crippen molar-refractivity contribution in [1.82, 2.24) is 0 Å². The quantitative estimate of drug-likeness (QED) is 0.132. The predicted octanol–water partition coefficient (Wildman–Crippen LogP) is 5.11. The highest BCUT2D eigenvalue weighted by Crippen LogP contribution is 2.38. The minimum atomic E-state index is -1.17. The summed E-state index contributed by atoms with van der Waals surface area (Å²) < 4.78 is 27.5. The van der Waals surface area contributed by atoms with E-state index >= 15 is 0 Å². The molecule has 1 fully saturated rings. The first-order valence-corrected chi connectivity index (χ1v) is 12.2. The lowest BCUT2D eigenvalue weighted by Crippen LogP contribution is -2.52. The Morgan fingerprint density at radius 1 is 1.05 bits per heavy atom. The summed E-state index contributed by atoms with van der Waals surface area (Å²) in [6.45, 7) is 6.90. The zero-order chi connectivity index (χ0) is 29.6. The molecule has 13 heteroatoms. The lowest BCUT2D eigenvalue weighted by atomic mass is 9.84. The van der Waals surface area contributed by atoms with Crippen LogP contribution < -0.4 is 9.47 Å². The Labute approximate surface area is 229 Å². The zero-order valence-electron chi connectivity index (χ0n) is 22.2. The fourth-order valence-corrected chi connectivity index (χ4v) is 4.15. The summed E-state index contributed by atoms with van der Waals surface area (Å²) in [5.41, 5.74) is -0.471. The van der Waals surface area contributed by atoms with E-state index in [1.807, 2.05) is 20.8 Å². The van der Waals surface area contributed by atoms with Gasteiger partial charge in [-0.15, -0.1) is 12.3 Å². The maximum atomic E-state index is 12.4. The van der Waals surface area contributed by atoms with Gasteiger partial charge in [0.05, 0.1) is 22.4 Å². The molecule has 40 heavy (non-hydrogen) atoms. The second kappa shape index (κ2) is 12.9. The molecule has 1 aliphatic heterocycles.